The number of aryl methyl sites for hydroxylation is 1. The van der Waals surface area contributed by atoms with Crippen molar-refractivity contribution in [2.75, 3.05) is 12.4 Å². The second-order valence-corrected chi connectivity index (χ2v) is 4.99. The molecule has 1 aliphatic rings. The molecule has 0 aromatic heterocycles. The van der Waals surface area contributed by atoms with E-state index in [1.165, 1.54) is 0 Å². The fourth-order valence-corrected chi connectivity index (χ4v) is 2.05. The Hall–Kier alpha value is -1.84. The molecule has 2 amide bonds. The lowest BCUT2D eigenvalue weighted by Crippen LogP contribution is -2.27. The van der Waals surface area contributed by atoms with E-state index in [9.17, 15) is 9.59 Å². The lowest BCUT2D eigenvalue weighted by atomic mass is 9.85. The highest BCUT2D eigenvalue weighted by atomic mass is 16.2. The molecular formula is C15H20N2O2. The first-order valence-electron chi connectivity index (χ1n) is 6.79. The Labute approximate surface area is 113 Å². The molecule has 0 bridgehead atoms. The first kappa shape index (κ1) is 13.6. The van der Waals surface area contributed by atoms with Gasteiger partial charge in [0.1, 0.15) is 0 Å². The number of hydrogen-bond donors (Lipinski definition) is 2. The summed E-state index contributed by atoms with van der Waals surface area (Å²) < 4.78 is 0. The van der Waals surface area contributed by atoms with E-state index < -0.39 is 0 Å². The Bertz CT molecular complexity index is 450. The summed E-state index contributed by atoms with van der Waals surface area (Å²) in [5, 5.41) is 5.53. The van der Waals surface area contributed by atoms with Crippen LogP contribution in [0.1, 0.15) is 31.2 Å². The highest BCUT2D eigenvalue weighted by Crippen LogP contribution is 2.27. The van der Waals surface area contributed by atoms with E-state index in [0.717, 1.165) is 36.9 Å². The van der Waals surface area contributed by atoms with Gasteiger partial charge in [-0.25, -0.2) is 0 Å². The molecule has 0 atom stereocenters. The van der Waals surface area contributed by atoms with Gasteiger partial charge in [-0.3, -0.25) is 9.59 Å². The van der Waals surface area contributed by atoms with Crippen LogP contribution in [0.4, 0.5) is 5.69 Å². The van der Waals surface area contributed by atoms with Crippen molar-refractivity contribution in [2.45, 2.75) is 32.1 Å². The third-order valence-corrected chi connectivity index (χ3v) is 3.62. The third-order valence-electron chi connectivity index (χ3n) is 3.62. The minimum absolute atomic E-state index is 0.0439. The molecule has 2 N–H and O–H groups in total. The molecule has 0 radical (unpaired) electrons. The number of benzene rings is 1. The maximum Gasteiger partial charge on any atom is 0.227 e. The predicted octanol–water partition coefficient (Wildman–Crippen LogP) is 2.10. The van der Waals surface area contributed by atoms with Crippen molar-refractivity contribution in [1.82, 2.24) is 5.32 Å². The number of carbonyl (C=O) groups is 2. The fourth-order valence-electron chi connectivity index (χ4n) is 2.05. The van der Waals surface area contributed by atoms with E-state index in [1.54, 1.807) is 7.05 Å². The van der Waals surface area contributed by atoms with E-state index in [2.05, 4.69) is 10.6 Å². The summed E-state index contributed by atoms with van der Waals surface area (Å²) in [6.07, 6.45) is 4.39. The van der Waals surface area contributed by atoms with Gasteiger partial charge in [0.25, 0.3) is 0 Å². The number of nitrogens with one attached hydrogen (secondary N) is 2. The third kappa shape index (κ3) is 3.81. The van der Waals surface area contributed by atoms with Gasteiger partial charge >= 0.3 is 0 Å². The summed E-state index contributed by atoms with van der Waals surface area (Å²) in [6.45, 7) is 0. The first-order valence-corrected chi connectivity index (χ1v) is 6.79. The van der Waals surface area contributed by atoms with E-state index in [4.69, 9.17) is 0 Å². The number of amides is 2. The molecule has 4 heteroatoms. The van der Waals surface area contributed by atoms with Crippen LogP contribution in [-0.4, -0.2) is 18.9 Å². The van der Waals surface area contributed by atoms with Crippen LogP contribution in [-0.2, 0) is 16.0 Å². The van der Waals surface area contributed by atoms with Crippen molar-refractivity contribution < 1.29 is 9.59 Å². The van der Waals surface area contributed by atoms with Crippen LogP contribution >= 0.6 is 0 Å². The molecule has 0 spiro atoms. The average molecular weight is 260 g/mol. The smallest absolute Gasteiger partial charge is 0.227 e. The van der Waals surface area contributed by atoms with E-state index in [1.807, 2.05) is 24.3 Å². The minimum atomic E-state index is 0.0439. The van der Waals surface area contributed by atoms with Gasteiger partial charge < -0.3 is 10.6 Å². The van der Waals surface area contributed by atoms with Crippen LogP contribution in [0.3, 0.4) is 0 Å². The molecule has 19 heavy (non-hydrogen) atoms. The number of carbonyl (C=O) groups excluding carboxylic acids is 2. The fraction of sp³-hybridized carbons (Fsp3) is 0.467. The normalized spacial score (nSPS) is 14.6. The average Bonchev–Trinajstić information content (AvgIpc) is 2.35. The van der Waals surface area contributed by atoms with Gasteiger partial charge in [0.15, 0.2) is 0 Å². The lowest BCUT2D eigenvalue weighted by molar-refractivity contribution is -0.122. The molecule has 2 rings (SSSR count). The summed E-state index contributed by atoms with van der Waals surface area (Å²) in [6, 6.07) is 7.71. The van der Waals surface area contributed by atoms with Crippen molar-refractivity contribution in [3.8, 4) is 0 Å². The highest BCUT2D eigenvalue weighted by Gasteiger charge is 2.24. The van der Waals surface area contributed by atoms with Gasteiger partial charge in [-0.05, 0) is 37.0 Å². The quantitative estimate of drug-likeness (QED) is 0.851. The van der Waals surface area contributed by atoms with Gasteiger partial charge in [-0.15, -0.1) is 0 Å². The van der Waals surface area contributed by atoms with Crippen molar-refractivity contribution in [1.29, 1.82) is 0 Å². The molecule has 0 aliphatic heterocycles. The molecule has 0 unspecified atom stereocenters. The van der Waals surface area contributed by atoms with Crippen LogP contribution in [0.2, 0.25) is 0 Å². The van der Waals surface area contributed by atoms with Gasteiger partial charge in [0.2, 0.25) is 11.8 Å². The Balaban J connectivity index is 1.83. The van der Waals surface area contributed by atoms with Crippen molar-refractivity contribution >= 4 is 17.5 Å². The van der Waals surface area contributed by atoms with Crippen molar-refractivity contribution in [2.24, 2.45) is 5.92 Å². The molecule has 0 heterocycles. The van der Waals surface area contributed by atoms with Crippen LogP contribution in [0.25, 0.3) is 0 Å². The molecular weight excluding hydrogens is 240 g/mol. The van der Waals surface area contributed by atoms with Crippen LogP contribution in [0, 0.1) is 5.92 Å². The van der Waals surface area contributed by atoms with Crippen LogP contribution < -0.4 is 10.6 Å². The Morgan fingerprint density at radius 2 is 1.89 bits per heavy atom. The molecule has 102 valence electrons. The minimum Gasteiger partial charge on any atom is -0.359 e. The number of anilines is 1. The molecule has 1 aliphatic carbocycles. The van der Waals surface area contributed by atoms with Crippen molar-refractivity contribution in [3.05, 3.63) is 29.8 Å². The van der Waals surface area contributed by atoms with E-state index in [0.29, 0.717) is 6.42 Å². The van der Waals surface area contributed by atoms with Gasteiger partial charge in [-0.1, -0.05) is 18.6 Å². The highest BCUT2D eigenvalue weighted by molar-refractivity contribution is 5.93. The zero-order chi connectivity index (χ0) is 13.7. The first-order chi connectivity index (χ1) is 9.19. The topological polar surface area (TPSA) is 58.2 Å². The Morgan fingerprint density at radius 1 is 1.21 bits per heavy atom. The monoisotopic (exact) mass is 260 g/mol. The number of rotatable bonds is 5. The molecule has 1 saturated carbocycles. The number of hydrogen-bond acceptors (Lipinski definition) is 2. The largest absolute Gasteiger partial charge is 0.359 e. The second kappa shape index (κ2) is 6.36. The zero-order valence-electron chi connectivity index (χ0n) is 11.2. The Morgan fingerprint density at radius 3 is 2.42 bits per heavy atom. The predicted molar refractivity (Wildman–Crippen MR) is 74.8 cm³/mol. The van der Waals surface area contributed by atoms with E-state index >= 15 is 0 Å². The maximum atomic E-state index is 11.8. The summed E-state index contributed by atoms with van der Waals surface area (Å²) in [5.74, 6) is 0.375. The summed E-state index contributed by atoms with van der Waals surface area (Å²) in [7, 11) is 1.64. The van der Waals surface area contributed by atoms with Crippen LogP contribution in [0.15, 0.2) is 24.3 Å². The molecule has 1 aromatic rings. The molecule has 1 aromatic carbocycles. The summed E-state index contributed by atoms with van der Waals surface area (Å²) in [4.78, 5) is 22.9. The van der Waals surface area contributed by atoms with Gasteiger partial charge in [0, 0.05) is 25.1 Å². The molecule has 4 nitrogen and oxygen atoms in total. The van der Waals surface area contributed by atoms with E-state index in [-0.39, 0.29) is 17.7 Å². The van der Waals surface area contributed by atoms with Gasteiger partial charge in [-0.2, -0.15) is 0 Å². The zero-order valence-corrected chi connectivity index (χ0v) is 11.2. The SMILES string of the molecule is CNC(=O)CCc1ccc(NC(=O)C2CCC2)cc1. The molecule has 0 saturated heterocycles. The summed E-state index contributed by atoms with van der Waals surface area (Å²) in [5.41, 5.74) is 1.94. The molecule has 1 fully saturated rings. The second-order valence-electron chi connectivity index (χ2n) is 4.99. The van der Waals surface area contributed by atoms with Crippen LogP contribution in [0.5, 0.6) is 0 Å². The Kier molecular flexibility index (Phi) is 4.55. The maximum absolute atomic E-state index is 11.8. The lowest BCUT2D eigenvalue weighted by Gasteiger charge is -2.24. The van der Waals surface area contributed by atoms with Crippen molar-refractivity contribution in [3.63, 3.8) is 0 Å². The summed E-state index contributed by atoms with van der Waals surface area (Å²) >= 11 is 0. The van der Waals surface area contributed by atoms with Gasteiger partial charge in [0.05, 0.1) is 0 Å². The standard InChI is InChI=1S/C15H20N2O2/c1-16-14(18)10-7-11-5-8-13(9-6-11)17-15(19)12-3-2-4-12/h5-6,8-9,12H,2-4,7,10H2,1H3,(H,16,18)(H,17,19).